The van der Waals surface area contributed by atoms with Crippen LogP contribution in [0, 0.1) is 0 Å². The van der Waals surface area contributed by atoms with Crippen LogP contribution in [0.15, 0.2) is 10.7 Å². The molecule has 0 saturated carbocycles. The number of carbonyl (C=O) groups excluding carboxylic acids is 1. The standard InChI is InChI=1S/C8H5BrClF2NO2/c1-15-6-4(9)3(7(10)14)2-13-5(6)8(11)12/h2,8H,1H3. The van der Waals surface area contributed by atoms with Gasteiger partial charge in [0.25, 0.3) is 11.7 Å². The topological polar surface area (TPSA) is 39.2 Å². The maximum absolute atomic E-state index is 12.4. The van der Waals surface area contributed by atoms with E-state index in [-0.39, 0.29) is 15.8 Å². The molecule has 0 aromatic carbocycles. The lowest BCUT2D eigenvalue weighted by atomic mass is 10.2. The fourth-order valence-corrected chi connectivity index (χ4v) is 1.88. The summed E-state index contributed by atoms with van der Waals surface area (Å²) in [5, 5.41) is -0.798. The Kier molecular flexibility index (Phi) is 3.98. The summed E-state index contributed by atoms with van der Waals surface area (Å²) in [6, 6.07) is 0. The number of halogens is 4. The van der Waals surface area contributed by atoms with Crippen LogP contribution in [0.3, 0.4) is 0 Å². The molecule has 0 aliphatic carbocycles. The van der Waals surface area contributed by atoms with Gasteiger partial charge in [0.05, 0.1) is 17.1 Å². The van der Waals surface area contributed by atoms with Crippen molar-refractivity contribution in [1.82, 2.24) is 4.98 Å². The number of rotatable bonds is 3. The summed E-state index contributed by atoms with van der Waals surface area (Å²) in [5.41, 5.74) is -0.552. The van der Waals surface area contributed by atoms with E-state index in [0.717, 1.165) is 6.20 Å². The fourth-order valence-electron chi connectivity index (χ4n) is 0.971. The van der Waals surface area contributed by atoms with Gasteiger partial charge in [-0.15, -0.1) is 0 Å². The van der Waals surface area contributed by atoms with Gasteiger partial charge in [-0.2, -0.15) is 0 Å². The van der Waals surface area contributed by atoms with E-state index in [9.17, 15) is 13.6 Å². The Balaban J connectivity index is 3.39. The summed E-state index contributed by atoms with van der Waals surface area (Å²) in [6.07, 6.45) is -1.81. The molecule has 0 amide bonds. The Hall–Kier alpha value is -0.750. The second-order valence-electron chi connectivity index (χ2n) is 2.48. The third kappa shape index (κ3) is 2.43. The lowest BCUT2D eigenvalue weighted by Gasteiger charge is -2.10. The first-order valence-corrected chi connectivity index (χ1v) is 4.86. The van der Waals surface area contributed by atoms with Crippen molar-refractivity contribution in [3.63, 3.8) is 0 Å². The first-order valence-electron chi connectivity index (χ1n) is 3.69. The maximum atomic E-state index is 12.4. The zero-order valence-corrected chi connectivity index (χ0v) is 9.77. The van der Waals surface area contributed by atoms with E-state index in [0.29, 0.717) is 0 Å². The van der Waals surface area contributed by atoms with E-state index in [2.05, 4.69) is 20.9 Å². The minimum Gasteiger partial charge on any atom is -0.493 e. The summed E-state index contributed by atoms with van der Waals surface area (Å²) in [4.78, 5) is 14.3. The predicted octanol–water partition coefficient (Wildman–Crippen LogP) is 3.17. The lowest BCUT2D eigenvalue weighted by molar-refractivity contribution is 0.107. The molecule has 3 nitrogen and oxygen atoms in total. The maximum Gasteiger partial charge on any atom is 0.284 e. The quantitative estimate of drug-likeness (QED) is 0.805. The number of pyridine rings is 1. The van der Waals surface area contributed by atoms with Crippen LogP contribution in [0.2, 0.25) is 0 Å². The van der Waals surface area contributed by atoms with Crippen molar-refractivity contribution in [2.45, 2.75) is 6.43 Å². The van der Waals surface area contributed by atoms with Crippen LogP contribution in [-0.2, 0) is 0 Å². The molecule has 0 N–H and O–H groups in total. The summed E-state index contributed by atoms with van der Waals surface area (Å²) in [6.45, 7) is 0. The Morgan fingerprint density at radius 1 is 1.67 bits per heavy atom. The SMILES string of the molecule is COc1c(C(F)F)ncc(C(=O)Cl)c1Br. The molecule has 0 aliphatic heterocycles. The average Bonchev–Trinajstić information content (AvgIpc) is 2.16. The highest BCUT2D eigenvalue weighted by molar-refractivity contribution is 9.10. The number of hydrogen-bond acceptors (Lipinski definition) is 3. The average molecular weight is 300 g/mol. The van der Waals surface area contributed by atoms with Crippen molar-refractivity contribution < 1.29 is 18.3 Å². The molecule has 0 fully saturated rings. The summed E-state index contributed by atoms with van der Waals surface area (Å²) < 4.78 is 29.7. The Labute approximate surface area is 97.5 Å². The van der Waals surface area contributed by atoms with Gasteiger partial charge in [-0.3, -0.25) is 9.78 Å². The number of alkyl halides is 2. The summed E-state index contributed by atoms with van der Waals surface area (Å²) >= 11 is 8.17. The van der Waals surface area contributed by atoms with Crippen LogP contribution < -0.4 is 4.74 Å². The fraction of sp³-hybridized carbons (Fsp3) is 0.250. The highest BCUT2D eigenvalue weighted by Crippen LogP contribution is 2.36. The van der Waals surface area contributed by atoms with Gasteiger partial charge < -0.3 is 4.74 Å². The van der Waals surface area contributed by atoms with Gasteiger partial charge >= 0.3 is 0 Å². The van der Waals surface area contributed by atoms with Gasteiger partial charge in [0.15, 0.2) is 5.75 Å². The molecule has 0 aliphatic rings. The number of ether oxygens (including phenoxy) is 1. The van der Waals surface area contributed by atoms with Gasteiger partial charge in [0.1, 0.15) is 5.69 Å². The number of aromatic nitrogens is 1. The second-order valence-corrected chi connectivity index (χ2v) is 3.62. The van der Waals surface area contributed by atoms with Crippen molar-refractivity contribution in [2.24, 2.45) is 0 Å². The summed E-state index contributed by atoms with van der Waals surface area (Å²) in [7, 11) is 1.20. The first kappa shape index (κ1) is 12.3. The van der Waals surface area contributed by atoms with E-state index >= 15 is 0 Å². The van der Waals surface area contributed by atoms with E-state index in [1.165, 1.54) is 7.11 Å². The van der Waals surface area contributed by atoms with Crippen LogP contribution in [0.4, 0.5) is 8.78 Å². The Morgan fingerprint density at radius 3 is 2.67 bits per heavy atom. The molecule has 1 aromatic rings. The van der Waals surface area contributed by atoms with Crippen LogP contribution >= 0.6 is 27.5 Å². The molecule has 0 atom stereocenters. The van der Waals surface area contributed by atoms with Crippen molar-refractivity contribution in [3.05, 3.63) is 21.9 Å². The van der Waals surface area contributed by atoms with Crippen LogP contribution in [-0.4, -0.2) is 17.3 Å². The molecular weight excluding hydrogens is 295 g/mol. The van der Waals surface area contributed by atoms with Crippen molar-refractivity contribution in [1.29, 1.82) is 0 Å². The van der Waals surface area contributed by atoms with Gasteiger partial charge in [-0.1, -0.05) is 0 Å². The van der Waals surface area contributed by atoms with E-state index < -0.39 is 17.4 Å². The van der Waals surface area contributed by atoms with Gasteiger partial charge in [0.2, 0.25) is 0 Å². The van der Waals surface area contributed by atoms with Gasteiger partial charge in [-0.25, -0.2) is 8.78 Å². The Morgan fingerprint density at radius 2 is 2.27 bits per heavy atom. The van der Waals surface area contributed by atoms with Crippen LogP contribution in [0.1, 0.15) is 22.5 Å². The van der Waals surface area contributed by atoms with Gasteiger partial charge in [0, 0.05) is 6.20 Å². The highest BCUT2D eigenvalue weighted by atomic mass is 79.9. The molecule has 15 heavy (non-hydrogen) atoms. The molecule has 1 aromatic heterocycles. The minimum absolute atomic E-state index is 0.0158. The number of methoxy groups -OCH3 is 1. The molecule has 0 bridgehead atoms. The number of carbonyl (C=O) groups is 1. The monoisotopic (exact) mass is 299 g/mol. The molecule has 7 heteroatoms. The van der Waals surface area contributed by atoms with E-state index in [4.69, 9.17) is 16.3 Å². The number of nitrogens with zero attached hydrogens (tertiary/aromatic N) is 1. The number of hydrogen-bond donors (Lipinski definition) is 0. The van der Waals surface area contributed by atoms with Crippen LogP contribution in [0.5, 0.6) is 5.75 Å². The van der Waals surface area contributed by atoms with Crippen molar-refractivity contribution in [2.75, 3.05) is 7.11 Å². The third-order valence-corrected chi connectivity index (χ3v) is 2.61. The predicted molar refractivity (Wildman–Crippen MR) is 53.6 cm³/mol. The molecule has 0 saturated heterocycles. The van der Waals surface area contributed by atoms with Crippen molar-refractivity contribution in [3.8, 4) is 5.75 Å². The molecular formula is C8H5BrClF2NO2. The molecule has 82 valence electrons. The smallest absolute Gasteiger partial charge is 0.284 e. The van der Waals surface area contributed by atoms with E-state index in [1.807, 2.05) is 0 Å². The highest BCUT2D eigenvalue weighted by Gasteiger charge is 2.22. The largest absolute Gasteiger partial charge is 0.493 e. The normalized spacial score (nSPS) is 10.5. The zero-order chi connectivity index (χ0) is 11.6. The second kappa shape index (κ2) is 4.85. The third-order valence-electron chi connectivity index (χ3n) is 1.62. The van der Waals surface area contributed by atoms with Crippen molar-refractivity contribution >= 4 is 32.8 Å². The molecule has 0 radical (unpaired) electrons. The zero-order valence-electron chi connectivity index (χ0n) is 7.43. The van der Waals surface area contributed by atoms with Gasteiger partial charge in [-0.05, 0) is 27.5 Å². The molecule has 1 rings (SSSR count). The summed E-state index contributed by atoms with van der Waals surface area (Å²) in [5.74, 6) is -0.184. The lowest BCUT2D eigenvalue weighted by Crippen LogP contribution is -2.02. The molecule has 0 spiro atoms. The Bertz CT molecular complexity index is 400. The van der Waals surface area contributed by atoms with E-state index in [1.54, 1.807) is 0 Å². The van der Waals surface area contributed by atoms with Crippen LogP contribution in [0.25, 0.3) is 0 Å². The first-order chi connectivity index (χ1) is 6.99. The minimum atomic E-state index is -2.78. The molecule has 0 unspecified atom stereocenters. The molecule has 1 heterocycles.